The van der Waals surface area contributed by atoms with Gasteiger partial charge in [0.15, 0.2) is 6.61 Å². The monoisotopic (exact) mass is 397 g/mol. The Kier molecular flexibility index (Phi) is 6.11. The summed E-state index contributed by atoms with van der Waals surface area (Å²) in [4.78, 5) is 25.7. The SMILES string of the molecule is COC(=O)COc1cccc(C(=O)N2CC(Oc3ccccc3C(C)(C)C)C2)c1. The molecule has 1 fully saturated rings. The molecule has 1 saturated heterocycles. The molecule has 2 aromatic rings. The second kappa shape index (κ2) is 8.55. The molecule has 0 bridgehead atoms. The lowest BCUT2D eigenvalue weighted by Crippen LogP contribution is -2.56. The van der Waals surface area contributed by atoms with Crippen LogP contribution in [0.4, 0.5) is 0 Å². The first kappa shape index (κ1) is 20.7. The van der Waals surface area contributed by atoms with Gasteiger partial charge in [0, 0.05) is 5.56 Å². The minimum atomic E-state index is -0.472. The maximum Gasteiger partial charge on any atom is 0.343 e. The fraction of sp³-hybridized carbons (Fsp3) is 0.391. The van der Waals surface area contributed by atoms with Crippen LogP contribution in [-0.2, 0) is 14.9 Å². The van der Waals surface area contributed by atoms with Crippen LogP contribution in [0.5, 0.6) is 11.5 Å². The molecule has 29 heavy (non-hydrogen) atoms. The van der Waals surface area contributed by atoms with Crippen molar-refractivity contribution in [1.29, 1.82) is 0 Å². The van der Waals surface area contributed by atoms with Gasteiger partial charge in [-0.2, -0.15) is 0 Å². The number of hydrogen-bond donors (Lipinski definition) is 0. The van der Waals surface area contributed by atoms with Crippen molar-refractivity contribution in [2.45, 2.75) is 32.3 Å². The highest BCUT2D eigenvalue weighted by Crippen LogP contribution is 2.32. The zero-order valence-corrected chi connectivity index (χ0v) is 17.3. The number of amides is 1. The second-order valence-corrected chi connectivity index (χ2v) is 8.09. The summed E-state index contributed by atoms with van der Waals surface area (Å²) in [6, 6.07) is 14.8. The number of nitrogens with zero attached hydrogens (tertiary/aromatic N) is 1. The molecular weight excluding hydrogens is 370 g/mol. The van der Waals surface area contributed by atoms with E-state index in [1.165, 1.54) is 7.11 Å². The van der Waals surface area contributed by atoms with Crippen LogP contribution in [0.1, 0.15) is 36.7 Å². The van der Waals surface area contributed by atoms with Gasteiger partial charge < -0.3 is 19.1 Å². The first-order valence-corrected chi connectivity index (χ1v) is 9.63. The van der Waals surface area contributed by atoms with Crippen LogP contribution in [0.2, 0.25) is 0 Å². The molecule has 0 aromatic heterocycles. The van der Waals surface area contributed by atoms with E-state index in [4.69, 9.17) is 9.47 Å². The zero-order chi connectivity index (χ0) is 21.0. The normalized spacial score (nSPS) is 14.1. The Hall–Kier alpha value is -3.02. The lowest BCUT2D eigenvalue weighted by atomic mass is 9.86. The molecule has 6 heteroatoms. The average molecular weight is 397 g/mol. The van der Waals surface area contributed by atoms with E-state index in [1.807, 2.05) is 18.2 Å². The van der Waals surface area contributed by atoms with Gasteiger partial charge >= 0.3 is 5.97 Å². The van der Waals surface area contributed by atoms with Gasteiger partial charge in [-0.1, -0.05) is 45.0 Å². The van der Waals surface area contributed by atoms with Gasteiger partial charge in [0.05, 0.1) is 20.2 Å². The Balaban J connectivity index is 1.58. The van der Waals surface area contributed by atoms with Crippen molar-refractivity contribution >= 4 is 11.9 Å². The summed E-state index contributed by atoms with van der Waals surface area (Å²) in [5.41, 5.74) is 1.65. The van der Waals surface area contributed by atoms with Crippen LogP contribution in [-0.4, -0.2) is 49.7 Å². The fourth-order valence-electron chi connectivity index (χ4n) is 3.15. The Labute approximate surface area is 171 Å². The molecule has 154 valence electrons. The van der Waals surface area contributed by atoms with Gasteiger partial charge in [0.2, 0.25) is 0 Å². The van der Waals surface area contributed by atoms with Gasteiger partial charge in [0.25, 0.3) is 5.91 Å². The van der Waals surface area contributed by atoms with Crippen LogP contribution in [0.3, 0.4) is 0 Å². The van der Waals surface area contributed by atoms with Crippen molar-refractivity contribution in [3.05, 3.63) is 59.7 Å². The van der Waals surface area contributed by atoms with Gasteiger partial charge in [0.1, 0.15) is 17.6 Å². The van der Waals surface area contributed by atoms with Crippen molar-refractivity contribution in [3.63, 3.8) is 0 Å². The third-order valence-corrected chi connectivity index (χ3v) is 4.79. The molecule has 0 spiro atoms. The van der Waals surface area contributed by atoms with Crippen molar-refractivity contribution in [1.82, 2.24) is 4.90 Å². The van der Waals surface area contributed by atoms with E-state index in [-0.39, 0.29) is 24.0 Å². The number of hydrogen-bond acceptors (Lipinski definition) is 5. The maximum absolute atomic E-state index is 12.7. The molecule has 0 aliphatic carbocycles. The van der Waals surface area contributed by atoms with Crippen molar-refractivity contribution in [2.75, 3.05) is 26.8 Å². The Morgan fingerprint density at radius 3 is 2.48 bits per heavy atom. The van der Waals surface area contributed by atoms with Crippen LogP contribution in [0.15, 0.2) is 48.5 Å². The summed E-state index contributed by atoms with van der Waals surface area (Å²) in [6.07, 6.45) is -0.0267. The smallest absolute Gasteiger partial charge is 0.343 e. The Morgan fingerprint density at radius 2 is 1.79 bits per heavy atom. The van der Waals surface area contributed by atoms with Crippen molar-refractivity contribution < 1.29 is 23.8 Å². The molecule has 6 nitrogen and oxygen atoms in total. The largest absolute Gasteiger partial charge is 0.486 e. The van der Waals surface area contributed by atoms with E-state index in [1.54, 1.807) is 29.2 Å². The van der Waals surface area contributed by atoms with Gasteiger partial charge in [-0.25, -0.2) is 4.79 Å². The summed E-state index contributed by atoms with van der Waals surface area (Å²) >= 11 is 0. The number of methoxy groups -OCH3 is 1. The van der Waals surface area contributed by atoms with E-state index in [2.05, 4.69) is 31.6 Å². The van der Waals surface area contributed by atoms with Gasteiger partial charge in [-0.3, -0.25) is 4.79 Å². The highest BCUT2D eigenvalue weighted by Gasteiger charge is 2.34. The quantitative estimate of drug-likeness (QED) is 0.699. The number of carbonyl (C=O) groups is 2. The molecule has 0 saturated carbocycles. The minimum absolute atomic E-state index is 0.0134. The third-order valence-electron chi connectivity index (χ3n) is 4.79. The number of carbonyl (C=O) groups excluding carboxylic acids is 2. The van der Waals surface area contributed by atoms with E-state index in [9.17, 15) is 9.59 Å². The van der Waals surface area contributed by atoms with E-state index < -0.39 is 5.97 Å². The molecule has 1 aliphatic rings. The molecule has 1 heterocycles. The molecular formula is C23H27NO5. The predicted molar refractivity (Wildman–Crippen MR) is 109 cm³/mol. The molecule has 1 amide bonds. The molecule has 2 aromatic carbocycles. The molecule has 0 N–H and O–H groups in total. The number of esters is 1. The highest BCUT2D eigenvalue weighted by atomic mass is 16.6. The lowest BCUT2D eigenvalue weighted by molar-refractivity contribution is -0.142. The van der Waals surface area contributed by atoms with E-state index in [0.717, 1.165) is 11.3 Å². The molecule has 3 rings (SSSR count). The van der Waals surface area contributed by atoms with Crippen molar-refractivity contribution in [3.8, 4) is 11.5 Å². The van der Waals surface area contributed by atoms with Crippen LogP contribution in [0.25, 0.3) is 0 Å². The summed E-state index contributed by atoms with van der Waals surface area (Å²) in [6.45, 7) is 7.33. The summed E-state index contributed by atoms with van der Waals surface area (Å²) in [5, 5.41) is 0. The number of para-hydroxylation sites is 1. The number of benzene rings is 2. The summed E-state index contributed by atoms with van der Waals surface area (Å²) < 4.78 is 16.1. The summed E-state index contributed by atoms with van der Waals surface area (Å²) in [7, 11) is 1.30. The standard InChI is InChI=1S/C23H27NO5/c1-23(2,3)19-10-5-6-11-20(19)29-18-13-24(14-18)22(26)16-8-7-9-17(12-16)28-15-21(25)27-4/h5-12,18H,13-15H2,1-4H3. The average Bonchev–Trinajstić information content (AvgIpc) is 2.67. The number of rotatable bonds is 6. The van der Waals surface area contributed by atoms with Crippen molar-refractivity contribution in [2.24, 2.45) is 0 Å². The fourth-order valence-corrected chi connectivity index (χ4v) is 3.15. The summed E-state index contributed by atoms with van der Waals surface area (Å²) in [5.74, 6) is 0.765. The molecule has 0 unspecified atom stereocenters. The minimum Gasteiger partial charge on any atom is -0.486 e. The first-order chi connectivity index (χ1) is 13.8. The number of likely N-dealkylation sites (tertiary alicyclic amines) is 1. The lowest BCUT2D eigenvalue weighted by Gasteiger charge is -2.40. The number of ether oxygens (including phenoxy) is 3. The highest BCUT2D eigenvalue weighted by molar-refractivity contribution is 5.95. The first-order valence-electron chi connectivity index (χ1n) is 9.63. The van der Waals surface area contributed by atoms with Crippen LogP contribution in [0, 0.1) is 0 Å². The Morgan fingerprint density at radius 1 is 1.07 bits per heavy atom. The Bertz CT molecular complexity index is 881. The zero-order valence-electron chi connectivity index (χ0n) is 17.3. The van der Waals surface area contributed by atoms with Crippen LogP contribution >= 0.6 is 0 Å². The second-order valence-electron chi connectivity index (χ2n) is 8.09. The third kappa shape index (κ3) is 5.08. The van der Waals surface area contributed by atoms with E-state index in [0.29, 0.717) is 24.4 Å². The predicted octanol–water partition coefficient (Wildman–Crippen LogP) is 3.44. The topological polar surface area (TPSA) is 65.1 Å². The maximum atomic E-state index is 12.7. The molecule has 1 aliphatic heterocycles. The van der Waals surface area contributed by atoms with Gasteiger partial charge in [-0.05, 0) is 35.2 Å². The van der Waals surface area contributed by atoms with E-state index >= 15 is 0 Å². The van der Waals surface area contributed by atoms with Gasteiger partial charge in [-0.15, -0.1) is 0 Å². The molecule has 0 atom stereocenters. The van der Waals surface area contributed by atoms with Crippen LogP contribution < -0.4 is 9.47 Å². The molecule has 0 radical (unpaired) electrons.